The highest BCUT2D eigenvalue weighted by Crippen LogP contribution is 2.36. The predicted molar refractivity (Wildman–Crippen MR) is 91.8 cm³/mol. The van der Waals surface area contributed by atoms with Crippen LogP contribution in [0.4, 0.5) is 0 Å². The van der Waals surface area contributed by atoms with E-state index >= 15 is 0 Å². The van der Waals surface area contributed by atoms with E-state index in [1.807, 2.05) is 18.4 Å². The fraction of sp³-hybridized carbons (Fsp3) is 0.467. The zero-order valence-corrected chi connectivity index (χ0v) is 13.8. The molecule has 0 bridgehead atoms. The van der Waals surface area contributed by atoms with Gasteiger partial charge >= 0.3 is 0 Å². The molecule has 5 heteroatoms. The third-order valence-corrected chi connectivity index (χ3v) is 4.76. The first-order chi connectivity index (χ1) is 9.69. The van der Waals surface area contributed by atoms with E-state index in [4.69, 9.17) is 0 Å². The van der Waals surface area contributed by atoms with Crippen molar-refractivity contribution in [2.75, 3.05) is 5.75 Å². The fourth-order valence-electron chi connectivity index (χ4n) is 1.93. The number of hydrogen-bond acceptors (Lipinski definition) is 4. The smallest absolute Gasteiger partial charge is 0.212 e. The second kappa shape index (κ2) is 9.88. The Bertz CT molecular complexity index is 439. The lowest BCUT2D eigenvalue weighted by atomic mass is 9.95. The maximum Gasteiger partial charge on any atom is 0.212 e. The summed E-state index contributed by atoms with van der Waals surface area (Å²) < 4.78 is 4.48. The highest BCUT2D eigenvalue weighted by Gasteiger charge is 2.14. The summed E-state index contributed by atoms with van der Waals surface area (Å²) in [5, 5.41) is 4.67. The summed E-state index contributed by atoms with van der Waals surface area (Å²) >= 11 is 3.10. The maximum atomic E-state index is 10.6. The van der Waals surface area contributed by atoms with E-state index in [0.717, 1.165) is 18.4 Å². The first-order valence-electron chi connectivity index (χ1n) is 6.73. The molecule has 0 atom stereocenters. The Labute approximate surface area is 130 Å². The van der Waals surface area contributed by atoms with Crippen LogP contribution in [0.15, 0.2) is 38.5 Å². The molecule has 1 N–H and O–H groups in total. The molecule has 0 radical (unpaired) electrons. The number of nitrogens with zero attached hydrogens (tertiary/aromatic N) is 1. The van der Waals surface area contributed by atoms with Crippen molar-refractivity contribution in [2.24, 2.45) is 4.40 Å². The normalized spacial score (nSPS) is 16.6. The number of hydrogen-bond donors (Lipinski definition) is 1. The molecular formula is C15H22N2OS2. The molecular weight excluding hydrogens is 288 g/mol. The maximum absolute atomic E-state index is 10.6. The second-order valence-electron chi connectivity index (χ2n) is 4.56. The Hall–Kier alpha value is -0.940. The van der Waals surface area contributed by atoms with Crippen molar-refractivity contribution in [3.05, 3.63) is 34.1 Å². The third kappa shape index (κ3) is 6.01. The summed E-state index contributed by atoms with van der Waals surface area (Å²) in [6.07, 6.45) is 7.25. The van der Waals surface area contributed by atoms with E-state index < -0.39 is 0 Å². The van der Waals surface area contributed by atoms with Crippen molar-refractivity contribution in [1.29, 1.82) is 0 Å². The van der Waals surface area contributed by atoms with Crippen LogP contribution >= 0.6 is 23.7 Å². The lowest BCUT2D eigenvalue weighted by Gasteiger charge is -2.18. The molecule has 1 amide bonds. The summed E-state index contributed by atoms with van der Waals surface area (Å²) in [5.41, 5.74) is 2.48. The summed E-state index contributed by atoms with van der Waals surface area (Å²) in [7, 11) is 0. The van der Waals surface area contributed by atoms with Crippen LogP contribution in [0.25, 0.3) is 0 Å². The minimum Gasteiger partial charge on any atom is -0.316 e. The molecule has 0 fully saturated rings. The lowest BCUT2D eigenvalue weighted by molar-refractivity contribution is -0.108. The first kappa shape index (κ1) is 17.1. The van der Waals surface area contributed by atoms with Crippen LogP contribution in [0.3, 0.4) is 0 Å². The van der Waals surface area contributed by atoms with Gasteiger partial charge in [-0.2, -0.15) is 4.40 Å². The molecule has 1 aliphatic carbocycles. The average Bonchev–Trinajstić information content (AvgIpc) is 2.45. The molecule has 0 saturated carbocycles. The van der Waals surface area contributed by atoms with Gasteiger partial charge in [-0.25, -0.2) is 0 Å². The van der Waals surface area contributed by atoms with Gasteiger partial charge in [-0.15, -0.1) is 11.8 Å². The Balaban J connectivity index is 2.73. The van der Waals surface area contributed by atoms with Gasteiger partial charge in [0.2, 0.25) is 6.41 Å². The Morgan fingerprint density at radius 3 is 2.85 bits per heavy atom. The highest BCUT2D eigenvalue weighted by atomic mass is 32.2. The standard InChI is InChI=1S/C15H22N2OS2/c1-4-9-19-10-15(16-11-18)17-20-14-8-6-5-7-13(14)12(2)3/h4,9,11H,2,5-8,10H2,1,3H3,(H,16,17,18)/b9-4-. The van der Waals surface area contributed by atoms with Gasteiger partial charge in [-0.1, -0.05) is 18.2 Å². The van der Waals surface area contributed by atoms with Crippen molar-refractivity contribution < 1.29 is 4.79 Å². The zero-order chi connectivity index (χ0) is 14.8. The number of carbonyl (C=O) groups is 1. The van der Waals surface area contributed by atoms with Gasteiger partial charge in [0.25, 0.3) is 0 Å². The van der Waals surface area contributed by atoms with E-state index in [1.165, 1.54) is 35.3 Å². The minimum absolute atomic E-state index is 0.672. The lowest BCUT2D eigenvalue weighted by Crippen LogP contribution is -2.23. The van der Waals surface area contributed by atoms with Crippen LogP contribution in [0.5, 0.6) is 0 Å². The van der Waals surface area contributed by atoms with Gasteiger partial charge in [-0.05, 0) is 50.5 Å². The SMILES string of the molecule is C=C(C)C1=C(S/N=C(/CS/C=C\C)NC=O)CCCC1. The number of thioether (sulfide) groups is 1. The molecule has 0 aliphatic heterocycles. The Morgan fingerprint density at radius 2 is 2.20 bits per heavy atom. The molecule has 110 valence electrons. The number of allylic oxidation sites excluding steroid dienone is 4. The van der Waals surface area contributed by atoms with E-state index in [1.54, 1.807) is 11.8 Å². The van der Waals surface area contributed by atoms with Crippen molar-refractivity contribution >= 4 is 36.0 Å². The van der Waals surface area contributed by atoms with Gasteiger partial charge in [0, 0.05) is 16.9 Å². The Kier molecular flexibility index (Phi) is 8.46. The van der Waals surface area contributed by atoms with Crippen LogP contribution in [0.1, 0.15) is 39.5 Å². The molecule has 0 unspecified atom stereocenters. The van der Waals surface area contributed by atoms with Gasteiger partial charge in [0.15, 0.2) is 0 Å². The minimum atomic E-state index is 0.672. The number of carbonyl (C=O) groups excluding carboxylic acids is 1. The van der Waals surface area contributed by atoms with Gasteiger partial charge in [0.1, 0.15) is 5.84 Å². The quantitative estimate of drug-likeness (QED) is 0.327. The summed E-state index contributed by atoms with van der Waals surface area (Å²) in [5.74, 6) is 1.37. The molecule has 20 heavy (non-hydrogen) atoms. The van der Waals surface area contributed by atoms with Crippen LogP contribution in [0, 0.1) is 0 Å². The molecule has 0 spiro atoms. The number of rotatable bonds is 7. The Morgan fingerprint density at radius 1 is 1.45 bits per heavy atom. The topological polar surface area (TPSA) is 41.5 Å². The van der Waals surface area contributed by atoms with Crippen molar-refractivity contribution in [2.45, 2.75) is 39.5 Å². The molecule has 1 rings (SSSR count). The van der Waals surface area contributed by atoms with Gasteiger partial charge < -0.3 is 5.32 Å². The number of amides is 1. The molecule has 0 aromatic carbocycles. The highest BCUT2D eigenvalue weighted by molar-refractivity contribution is 8.03. The van der Waals surface area contributed by atoms with Crippen LogP contribution < -0.4 is 5.32 Å². The van der Waals surface area contributed by atoms with Crippen molar-refractivity contribution in [1.82, 2.24) is 5.32 Å². The number of nitrogens with one attached hydrogen (secondary N) is 1. The van der Waals surface area contributed by atoms with Crippen LogP contribution in [-0.2, 0) is 4.79 Å². The number of amidine groups is 1. The predicted octanol–water partition coefficient (Wildman–Crippen LogP) is 4.45. The van der Waals surface area contributed by atoms with Crippen LogP contribution in [-0.4, -0.2) is 18.0 Å². The zero-order valence-electron chi connectivity index (χ0n) is 12.1. The van der Waals surface area contributed by atoms with Crippen molar-refractivity contribution in [3.63, 3.8) is 0 Å². The second-order valence-corrected chi connectivity index (χ2v) is 6.31. The van der Waals surface area contributed by atoms with Gasteiger partial charge in [-0.3, -0.25) is 4.79 Å². The van der Waals surface area contributed by atoms with Gasteiger partial charge in [0.05, 0.1) is 5.75 Å². The van der Waals surface area contributed by atoms with E-state index in [2.05, 4.69) is 23.2 Å². The fourth-order valence-corrected chi connectivity index (χ4v) is 3.56. The summed E-state index contributed by atoms with van der Waals surface area (Å²) in [6.45, 7) is 8.07. The van der Waals surface area contributed by atoms with Crippen LogP contribution in [0.2, 0.25) is 0 Å². The summed E-state index contributed by atoms with van der Waals surface area (Å²) in [4.78, 5) is 11.9. The average molecular weight is 310 g/mol. The molecule has 0 heterocycles. The van der Waals surface area contributed by atoms with E-state index in [-0.39, 0.29) is 0 Å². The van der Waals surface area contributed by atoms with E-state index in [0.29, 0.717) is 18.0 Å². The monoisotopic (exact) mass is 310 g/mol. The summed E-state index contributed by atoms with van der Waals surface area (Å²) in [6, 6.07) is 0. The third-order valence-electron chi connectivity index (χ3n) is 2.88. The molecule has 0 saturated heterocycles. The molecule has 0 aromatic rings. The first-order valence-corrected chi connectivity index (χ1v) is 8.56. The molecule has 1 aliphatic rings. The molecule has 0 aromatic heterocycles. The molecule has 3 nitrogen and oxygen atoms in total. The van der Waals surface area contributed by atoms with E-state index in [9.17, 15) is 4.79 Å². The van der Waals surface area contributed by atoms with Crippen molar-refractivity contribution in [3.8, 4) is 0 Å². The largest absolute Gasteiger partial charge is 0.316 e.